The normalized spacial score (nSPS) is 23.9. The summed E-state index contributed by atoms with van der Waals surface area (Å²) in [5.41, 5.74) is 0. The Labute approximate surface area is 116 Å². The molecule has 0 amide bonds. The number of hydrogen-bond acceptors (Lipinski definition) is 4. The Morgan fingerprint density at radius 2 is 2.00 bits per heavy atom. The van der Waals surface area contributed by atoms with Gasteiger partial charge in [-0.05, 0) is 51.2 Å². The van der Waals surface area contributed by atoms with Gasteiger partial charge in [0, 0.05) is 12.6 Å². The van der Waals surface area contributed by atoms with Crippen LogP contribution in [0.1, 0.15) is 39.0 Å². The molecule has 0 aromatic rings. The van der Waals surface area contributed by atoms with Crippen LogP contribution in [0.3, 0.4) is 0 Å². The first-order valence-corrected chi connectivity index (χ1v) is 7.78. The molecule has 110 valence electrons. The molecule has 0 radical (unpaired) electrons. The third kappa shape index (κ3) is 3.93. The number of rotatable bonds is 6. The standard InChI is InChI=1S/C15H28N2O2/c1-3-17-9-7-12(8-10-17)14(15(18)19-2)11-16-13-5-4-6-13/h12-14,16H,3-11H2,1-2H3. The highest BCUT2D eigenvalue weighted by atomic mass is 16.5. The van der Waals surface area contributed by atoms with E-state index in [-0.39, 0.29) is 11.9 Å². The Morgan fingerprint density at radius 1 is 1.32 bits per heavy atom. The molecule has 2 fully saturated rings. The highest BCUT2D eigenvalue weighted by Crippen LogP contribution is 2.27. The van der Waals surface area contributed by atoms with E-state index in [0.29, 0.717) is 12.0 Å². The topological polar surface area (TPSA) is 41.6 Å². The molecule has 2 rings (SSSR count). The number of hydrogen-bond donors (Lipinski definition) is 1. The highest BCUT2D eigenvalue weighted by Gasteiger charge is 2.32. The number of carbonyl (C=O) groups is 1. The average molecular weight is 268 g/mol. The van der Waals surface area contributed by atoms with Crippen molar-refractivity contribution < 1.29 is 9.53 Å². The highest BCUT2D eigenvalue weighted by molar-refractivity contribution is 5.73. The Bertz CT molecular complexity index is 284. The fourth-order valence-corrected chi connectivity index (χ4v) is 3.17. The van der Waals surface area contributed by atoms with E-state index >= 15 is 0 Å². The van der Waals surface area contributed by atoms with Crippen LogP contribution in [0, 0.1) is 11.8 Å². The molecule has 1 aliphatic heterocycles. The summed E-state index contributed by atoms with van der Waals surface area (Å²) in [6.45, 7) is 6.37. The van der Waals surface area contributed by atoms with Crippen molar-refractivity contribution in [3.05, 3.63) is 0 Å². The Morgan fingerprint density at radius 3 is 2.47 bits per heavy atom. The summed E-state index contributed by atoms with van der Waals surface area (Å²) in [4.78, 5) is 14.5. The second-order valence-corrected chi connectivity index (χ2v) is 5.94. The minimum absolute atomic E-state index is 0.0261. The lowest BCUT2D eigenvalue weighted by atomic mass is 9.83. The van der Waals surface area contributed by atoms with E-state index in [1.54, 1.807) is 0 Å². The molecule has 0 aromatic carbocycles. The van der Waals surface area contributed by atoms with E-state index in [1.807, 2.05) is 0 Å². The number of carbonyl (C=O) groups excluding carboxylic acids is 1. The van der Waals surface area contributed by atoms with Crippen molar-refractivity contribution >= 4 is 5.97 Å². The first kappa shape index (κ1) is 14.8. The zero-order chi connectivity index (χ0) is 13.7. The van der Waals surface area contributed by atoms with Crippen LogP contribution in [0.4, 0.5) is 0 Å². The van der Waals surface area contributed by atoms with E-state index in [1.165, 1.54) is 26.4 Å². The van der Waals surface area contributed by atoms with Gasteiger partial charge in [-0.25, -0.2) is 0 Å². The van der Waals surface area contributed by atoms with Gasteiger partial charge in [-0.2, -0.15) is 0 Å². The van der Waals surface area contributed by atoms with Crippen LogP contribution in [-0.2, 0) is 9.53 Å². The zero-order valence-corrected chi connectivity index (χ0v) is 12.4. The van der Waals surface area contributed by atoms with E-state index in [4.69, 9.17) is 4.74 Å². The van der Waals surface area contributed by atoms with Gasteiger partial charge in [0.15, 0.2) is 0 Å². The molecule has 1 N–H and O–H groups in total. The quantitative estimate of drug-likeness (QED) is 0.744. The van der Waals surface area contributed by atoms with Crippen molar-refractivity contribution in [1.82, 2.24) is 10.2 Å². The number of esters is 1. The first-order chi connectivity index (χ1) is 9.24. The molecule has 1 unspecified atom stereocenters. The molecule has 4 nitrogen and oxygen atoms in total. The molecule has 1 saturated carbocycles. The number of nitrogens with zero attached hydrogens (tertiary/aromatic N) is 1. The summed E-state index contributed by atoms with van der Waals surface area (Å²) in [5, 5.41) is 3.54. The predicted octanol–water partition coefficient (Wildman–Crippen LogP) is 1.65. The third-order valence-electron chi connectivity index (χ3n) is 4.88. The molecule has 1 aliphatic carbocycles. The maximum absolute atomic E-state index is 12.0. The molecule has 1 saturated heterocycles. The predicted molar refractivity (Wildman–Crippen MR) is 76.0 cm³/mol. The third-order valence-corrected chi connectivity index (χ3v) is 4.88. The van der Waals surface area contributed by atoms with Gasteiger partial charge in [-0.3, -0.25) is 4.79 Å². The fraction of sp³-hybridized carbons (Fsp3) is 0.933. The van der Waals surface area contributed by atoms with Crippen LogP contribution in [0.25, 0.3) is 0 Å². The summed E-state index contributed by atoms with van der Waals surface area (Å²) in [5.74, 6) is 0.509. The molecule has 1 heterocycles. The minimum atomic E-state index is -0.0261. The lowest BCUT2D eigenvalue weighted by Crippen LogP contribution is -2.45. The Kier molecular flexibility index (Phi) is 5.64. The van der Waals surface area contributed by atoms with Crippen LogP contribution in [0.15, 0.2) is 0 Å². The minimum Gasteiger partial charge on any atom is -0.469 e. The van der Waals surface area contributed by atoms with Crippen molar-refractivity contribution in [1.29, 1.82) is 0 Å². The van der Waals surface area contributed by atoms with Gasteiger partial charge in [0.05, 0.1) is 13.0 Å². The number of ether oxygens (including phenoxy) is 1. The van der Waals surface area contributed by atoms with Gasteiger partial charge < -0.3 is 15.0 Å². The molecule has 2 aliphatic rings. The summed E-state index contributed by atoms with van der Waals surface area (Å²) < 4.78 is 5.01. The molecule has 1 atom stereocenters. The molecule has 19 heavy (non-hydrogen) atoms. The SMILES string of the molecule is CCN1CCC(C(CNC2CCC2)C(=O)OC)CC1. The fourth-order valence-electron chi connectivity index (χ4n) is 3.17. The van der Waals surface area contributed by atoms with E-state index < -0.39 is 0 Å². The van der Waals surface area contributed by atoms with Crippen molar-refractivity contribution in [3.8, 4) is 0 Å². The summed E-state index contributed by atoms with van der Waals surface area (Å²) in [7, 11) is 1.51. The van der Waals surface area contributed by atoms with Gasteiger partial charge in [0.25, 0.3) is 0 Å². The second kappa shape index (κ2) is 7.25. The van der Waals surface area contributed by atoms with E-state index in [9.17, 15) is 4.79 Å². The number of piperidine rings is 1. The van der Waals surface area contributed by atoms with Crippen LogP contribution < -0.4 is 5.32 Å². The Hall–Kier alpha value is -0.610. The molecular weight excluding hydrogens is 240 g/mol. The lowest BCUT2D eigenvalue weighted by molar-refractivity contribution is -0.148. The van der Waals surface area contributed by atoms with E-state index in [0.717, 1.165) is 39.0 Å². The molecule has 0 spiro atoms. The van der Waals surface area contributed by atoms with Gasteiger partial charge in [0.2, 0.25) is 0 Å². The maximum atomic E-state index is 12.0. The second-order valence-electron chi connectivity index (χ2n) is 5.94. The Balaban J connectivity index is 1.83. The molecule has 4 heteroatoms. The van der Waals surface area contributed by atoms with Gasteiger partial charge in [-0.1, -0.05) is 13.3 Å². The average Bonchev–Trinajstić information content (AvgIpc) is 2.41. The molecule has 0 aromatic heterocycles. The number of methoxy groups -OCH3 is 1. The summed E-state index contributed by atoms with van der Waals surface area (Å²) in [6.07, 6.45) is 6.11. The van der Waals surface area contributed by atoms with Crippen molar-refractivity contribution in [2.75, 3.05) is 33.3 Å². The zero-order valence-electron chi connectivity index (χ0n) is 12.4. The first-order valence-electron chi connectivity index (χ1n) is 7.78. The van der Waals surface area contributed by atoms with Crippen LogP contribution in [0.5, 0.6) is 0 Å². The molecule has 0 bridgehead atoms. The van der Waals surface area contributed by atoms with Crippen LogP contribution in [0.2, 0.25) is 0 Å². The number of likely N-dealkylation sites (tertiary alicyclic amines) is 1. The van der Waals surface area contributed by atoms with E-state index in [2.05, 4.69) is 17.1 Å². The van der Waals surface area contributed by atoms with Gasteiger partial charge >= 0.3 is 5.97 Å². The maximum Gasteiger partial charge on any atom is 0.310 e. The summed E-state index contributed by atoms with van der Waals surface area (Å²) in [6, 6.07) is 0.642. The van der Waals surface area contributed by atoms with Crippen LogP contribution >= 0.6 is 0 Å². The monoisotopic (exact) mass is 268 g/mol. The van der Waals surface area contributed by atoms with Crippen molar-refractivity contribution in [3.63, 3.8) is 0 Å². The largest absolute Gasteiger partial charge is 0.469 e. The molecular formula is C15H28N2O2. The number of nitrogens with one attached hydrogen (secondary N) is 1. The summed E-state index contributed by atoms with van der Waals surface area (Å²) >= 11 is 0. The lowest BCUT2D eigenvalue weighted by Gasteiger charge is -2.36. The van der Waals surface area contributed by atoms with Crippen molar-refractivity contribution in [2.24, 2.45) is 11.8 Å². The van der Waals surface area contributed by atoms with Gasteiger partial charge in [0.1, 0.15) is 0 Å². The van der Waals surface area contributed by atoms with Crippen molar-refractivity contribution in [2.45, 2.75) is 45.1 Å². The smallest absolute Gasteiger partial charge is 0.310 e. The van der Waals surface area contributed by atoms with Gasteiger partial charge in [-0.15, -0.1) is 0 Å². The van der Waals surface area contributed by atoms with Crippen LogP contribution in [-0.4, -0.2) is 50.2 Å².